The van der Waals surface area contributed by atoms with Crippen molar-refractivity contribution < 1.29 is 14.6 Å². The van der Waals surface area contributed by atoms with Crippen LogP contribution in [-0.2, 0) is 11.2 Å². The number of ether oxygens (including phenoxy) is 1. The van der Waals surface area contributed by atoms with Crippen LogP contribution in [0.1, 0.15) is 11.8 Å². The fourth-order valence-corrected chi connectivity index (χ4v) is 2.11. The van der Waals surface area contributed by atoms with Gasteiger partial charge in [-0.15, -0.1) is 11.3 Å². The predicted octanol–water partition coefficient (Wildman–Crippen LogP) is 1.18. The van der Waals surface area contributed by atoms with E-state index >= 15 is 0 Å². The third kappa shape index (κ3) is 3.80. The molecule has 0 radical (unpaired) electrons. The summed E-state index contributed by atoms with van der Waals surface area (Å²) >= 11 is 1.49. The Morgan fingerprint density at radius 2 is 2.50 bits per heavy atom. The Morgan fingerprint density at radius 3 is 3.12 bits per heavy atom. The minimum atomic E-state index is -0.472. The molecule has 6 heteroatoms. The predicted molar refractivity (Wildman–Crippen MR) is 63.7 cm³/mol. The Bertz CT molecular complexity index is 341. The molecule has 1 aromatic rings. The maximum absolute atomic E-state index is 11.2. The van der Waals surface area contributed by atoms with Crippen molar-refractivity contribution in [2.24, 2.45) is 5.73 Å². The van der Waals surface area contributed by atoms with E-state index in [4.69, 9.17) is 15.6 Å². The number of carbonyl (C=O) groups excluding carboxylic acids is 1. The summed E-state index contributed by atoms with van der Waals surface area (Å²) in [7, 11) is 0. The maximum Gasteiger partial charge on any atom is 0.411 e. The monoisotopic (exact) mass is 244 g/mol. The van der Waals surface area contributed by atoms with Gasteiger partial charge in [-0.2, -0.15) is 0 Å². The Hall–Kier alpha value is -1.11. The molecule has 0 saturated carbocycles. The van der Waals surface area contributed by atoms with Crippen molar-refractivity contribution in [3.05, 3.63) is 16.3 Å². The van der Waals surface area contributed by atoms with Crippen LogP contribution in [-0.4, -0.2) is 30.5 Å². The zero-order valence-corrected chi connectivity index (χ0v) is 9.92. The summed E-state index contributed by atoms with van der Waals surface area (Å²) < 4.78 is 4.78. The quantitative estimate of drug-likeness (QED) is 0.726. The lowest BCUT2D eigenvalue weighted by Gasteiger charge is -2.09. The van der Waals surface area contributed by atoms with E-state index in [9.17, 15) is 4.79 Å². The minimum Gasteiger partial charge on any atom is -0.450 e. The first kappa shape index (κ1) is 13.0. The average molecular weight is 244 g/mol. The first-order valence-electron chi connectivity index (χ1n) is 5.04. The molecule has 90 valence electrons. The lowest BCUT2D eigenvalue weighted by molar-refractivity contribution is 0.168. The number of rotatable bonds is 5. The number of thiophene rings is 1. The van der Waals surface area contributed by atoms with Crippen LogP contribution in [0.5, 0.6) is 0 Å². The minimum absolute atomic E-state index is 0.0727. The summed E-state index contributed by atoms with van der Waals surface area (Å²) in [6.45, 7) is 2.01. The van der Waals surface area contributed by atoms with Crippen molar-refractivity contribution in [3.63, 3.8) is 0 Å². The topological polar surface area (TPSA) is 84.6 Å². The van der Waals surface area contributed by atoms with Crippen molar-refractivity contribution >= 4 is 23.1 Å². The summed E-state index contributed by atoms with van der Waals surface area (Å²) in [6.07, 6.45) is 0.0651. The number of amides is 1. The van der Waals surface area contributed by atoms with Gasteiger partial charge in [0.1, 0.15) is 0 Å². The van der Waals surface area contributed by atoms with Crippen LogP contribution in [0.3, 0.4) is 0 Å². The normalized spacial score (nSPS) is 12.2. The second-order valence-electron chi connectivity index (χ2n) is 3.25. The van der Waals surface area contributed by atoms with Gasteiger partial charge in [0, 0.05) is 17.3 Å². The van der Waals surface area contributed by atoms with E-state index in [1.54, 1.807) is 13.0 Å². The molecule has 0 fully saturated rings. The highest BCUT2D eigenvalue weighted by Gasteiger charge is 2.11. The number of hydrogen-bond acceptors (Lipinski definition) is 5. The van der Waals surface area contributed by atoms with Gasteiger partial charge in [0.25, 0.3) is 0 Å². The highest BCUT2D eigenvalue weighted by Crippen LogP contribution is 2.23. The number of aliphatic hydroxyl groups is 1. The van der Waals surface area contributed by atoms with Crippen molar-refractivity contribution in [3.8, 4) is 0 Å². The Balaban J connectivity index is 2.59. The van der Waals surface area contributed by atoms with E-state index in [0.717, 1.165) is 4.88 Å². The van der Waals surface area contributed by atoms with Gasteiger partial charge < -0.3 is 15.6 Å². The second kappa shape index (κ2) is 6.47. The summed E-state index contributed by atoms with van der Waals surface area (Å²) in [5, 5.41) is 13.4. The number of nitrogens with one attached hydrogen (secondary N) is 1. The number of anilines is 1. The van der Waals surface area contributed by atoms with Crippen LogP contribution < -0.4 is 11.1 Å². The van der Waals surface area contributed by atoms with Crippen molar-refractivity contribution in [2.75, 3.05) is 18.5 Å². The average Bonchev–Trinajstić information content (AvgIpc) is 2.66. The van der Waals surface area contributed by atoms with Gasteiger partial charge in [0.05, 0.1) is 18.9 Å². The van der Waals surface area contributed by atoms with Crippen molar-refractivity contribution in [1.82, 2.24) is 0 Å². The molecule has 1 aromatic heterocycles. The van der Waals surface area contributed by atoms with Crippen LogP contribution in [0.15, 0.2) is 11.4 Å². The van der Waals surface area contributed by atoms with E-state index in [-0.39, 0.29) is 12.6 Å². The van der Waals surface area contributed by atoms with Gasteiger partial charge in [-0.3, -0.25) is 5.32 Å². The Kier molecular flexibility index (Phi) is 5.24. The molecular formula is C10H16N2O3S. The van der Waals surface area contributed by atoms with Gasteiger partial charge in [-0.1, -0.05) is 0 Å². The van der Waals surface area contributed by atoms with E-state index in [0.29, 0.717) is 18.7 Å². The smallest absolute Gasteiger partial charge is 0.411 e. The molecule has 0 aromatic carbocycles. The molecule has 0 saturated heterocycles. The second-order valence-corrected chi connectivity index (χ2v) is 4.25. The standard InChI is InChI=1S/C10H16N2O3S/c1-2-15-10(14)12-8-3-4-16-9(8)5-7(11)6-13/h3-4,7,13H,2,5-6,11H2,1H3,(H,12,14). The first-order chi connectivity index (χ1) is 7.67. The van der Waals surface area contributed by atoms with Crippen LogP contribution in [0.25, 0.3) is 0 Å². The van der Waals surface area contributed by atoms with Crippen LogP contribution in [0, 0.1) is 0 Å². The SMILES string of the molecule is CCOC(=O)Nc1ccsc1CC(N)CO. The molecule has 1 heterocycles. The van der Waals surface area contributed by atoms with E-state index < -0.39 is 6.09 Å². The van der Waals surface area contributed by atoms with E-state index in [1.165, 1.54) is 11.3 Å². The summed E-state index contributed by atoms with van der Waals surface area (Å²) in [5.41, 5.74) is 6.34. The zero-order valence-electron chi connectivity index (χ0n) is 9.10. The number of carbonyl (C=O) groups is 1. The summed E-state index contributed by atoms with van der Waals surface area (Å²) in [4.78, 5) is 12.1. The zero-order chi connectivity index (χ0) is 12.0. The molecule has 0 aliphatic heterocycles. The first-order valence-corrected chi connectivity index (χ1v) is 5.92. The molecule has 0 spiro atoms. The molecule has 4 N–H and O–H groups in total. The third-order valence-electron chi connectivity index (χ3n) is 1.94. The van der Waals surface area contributed by atoms with Gasteiger partial charge in [-0.05, 0) is 18.4 Å². The highest BCUT2D eigenvalue weighted by atomic mass is 32.1. The number of hydrogen-bond donors (Lipinski definition) is 3. The van der Waals surface area contributed by atoms with Gasteiger partial charge in [0.2, 0.25) is 0 Å². The molecule has 1 amide bonds. The fraction of sp³-hybridized carbons (Fsp3) is 0.500. The summed E-state index contributed by atoms with van der Waals surface area (Å²) in [5.74, 6) is 0. The van der Waals surface area contributed by atoms with Crippen molar-refractivity contribution in [2.45, 2.75) is 19.4 Å². The Labute approximate surface area is 98.2 Å². The van der Waals surface area contributed by atoms with Gasteiger partial charge in [-0.25, -0.2) is 4.79 Å². The van der Waals surface area contributed by atoms with E-state index in [2.05, 4.69) is 5.32 Å². The molecule has 1 rings (SSSR count). The summed E-state index contributed by atoms with van der Waals surface area (Å²) in [6, 6.07) is 1.49. The van der Waals surface area contributed by atoms with Crippen molar-refractivity contribution in [1.29, 1.82) is 0 Å². The van der Waals surface area contributed by atoms with Gasteiger partial charge in [0.15, 0.2) is 0 Å². The molecule has 16 heavy (non-hydrogen) atoms. The highest BCUT2D eigenvalue weighted by molar-refractivity contribution is 7.10. The molecule has 1 atom stereocenters. The lowest BCUT2D eigenvalue weighted by Crippen LogP contribution is -2.27. The molecular weight excluding hydrogens is 228 g/mol. The molecule has 1 unspecified atom stereocenters. The molecule has 0 aliphatic rings. The van der Waals surface area contributed by atoms with Crippen LogP contribution >= 0.6 is 11.3 Å². The number of nitrogens with two attached hydrogens (primary N) is 1. The third-order valence-corrected chi connectivity index (χ3v) is 2.88. The van der Waals surface area contributed by atoms with E-state index in [1.807, 2.05) is 5.38 Å². The maximum atomic E-state index is 11.2. The molecule has 0 aliphatic carbocycles. The van der Waals surface area contributed by atoms with Crippen LogP contribution in [0.2, 0.25) is 0 Å². The molecule has 5 nitrogen and oxygen atoms in total. The molecule has 0 bridgehead atoms. The lowest BCUT2D eigenvalue weighted by atomic mass is 10.2. The van der Waals surface area contributed by atoms with Crippen LogP contribution in [0.4, 0.5) is 10.5 Å². The Morgan fingerprint density at radius 1 is 1.75 bits per heavy atom. The fourth-order valence-electron chi connectivity index (χ4n) is 1.19. The number of aliphatic hydroxyl groups excluding tert-OH is 1. The van der Waals surface area contributed by atoms with Gasteiger partial charge >= 0.3 is 6.09 Å². The largest absolute Gasteiger partial charge is 0.450 e.